The van der Waals surface area contributed by atoms with Crippen molar-refractivity contribution in [2.24, 2.45) is 11.1 Å². The highest BCUT2D eigenvalue weighted by Gasteiger charge is 2.45. The van der Waals surface area contributed by atoms with Gasteiger partial charge in [0.2, 0.25) is 0 Å². The van der Waals surface area contributed by atoms with Gasteiger partial charge in [0.25, 0.3) is 0 Å². The molecule has 0 radical (unpaired) electrons. The Hall–Kier alpha value is -0.0500. The molecule has 17 heavy (non-hydrogen) atoms. The van der Waals surface area contributed by atoms with E-state index in [1.165, 1.54) is 12.8 Å². The molecule has 0 amide bonds. The van der Waals surface area contributed by atoms with E-state index in [1.807, 2.05) is 12.1 Å². The molecule has 1 fully saturated rings. The van der Waals surface area contributed by atoms with Gasteiger partial charge in [-0.25, -0.2) is 0 Å². The van der Waals surface area contributed by atoms with Crippen molar-refractivity contribution in [2.45, 2.75) is 45.1 Å². The standard InChI is InChI=1S/C14H19BrClN/c1-13(2)6-3-7-14(13,17)9-10-4-5-11(15)8-12(10)16/h4-5,8H,3,6-7,9,17H2,1-2H3. The SMILES string of the molecule is CC1(C)CCCC1(N)Cc1ccc(Br)cc1Cl. The van der Waals surface area contributed by atoms with Crippen LogP contribution in [0.5, 0.6) is 0 Å². The molecule has 94 valence electrons. The Morgan fingerprint density at radius 1 is 1.35 bits per heavy atom. The predicted octanol–water partition coefficient (Wildman–Crippen LogP) is 4.55. The summed E-state index contributed by atoms with van der Waals surface area (Å²) in [7, 11) is 0. The van der Waals surface area contributed by atoms with Gasteiger partial charge in [0, 0.05) is 15.0 Å². The van der Waals surface area contributed by atoms with Crippen molar-refractivity contribution in [2.75, 3.05) is 0 Å². The number of nitrogens with two attached hydrogens (primary N) is 1. The van der Waals surface area contributed by atoms with Gasteiger partial charge in [-0.1, -0.05) is 53.9 Å². The molecule has 1 aromatic carbocycles. The molecular weight excluding hydrogens is 298 g/mol. The molecule has 1 atom stereocenters. The molecule has 1 aromatic rings. The molecule has 0 bridgehead atoms. The summed E-state index contributed by atoms with van der Waals surface area (Å²) >= 11 is 9.71. The van der Waals surface area contributed by atoms with Crippen molar-refractivity contribution in [3.8, 4) is 0 Å². The van der Waals surface area contributed by atoms with E-state index < -0.39 is 0 Å². The molecule has 1 unspecified atom stereocenters. The van der Waals surface area contributed by atoms with Gasteiger partial charge in [-0.05, 0) is 42.4 Å². The Kier molecular flexibility index (Phi) is 3.59. The van der Waals surface area contributed by atoms with Gasteiger partial charge in [-0.3, -0.25) is 0 Å². The first-order valence-corrected chi connectivity index (χ1v) is 7.24. The van der Waals surface area contributed by atoms with E-state index in [4.69, 9.17) is 17.3 Å². The first-order valence-electron chi connectivity index (χ1n) is 6.07. The van der Waals surface area contributed by atoms with Crippen molar-refractivity contribution in [1.29, 1.82) is 0 Å². The molecule has 2 rings (SSSR count). The van der Waals surface area contributed by atoms with E-state index in [1.54, 1.807) is 0 Å². The Bertz CT molecular complexity index is 430. The van der Waals surface area contributed by atoms with Crippen molar-refractivity contribution >= 4 is 27.5 Å². The Morgan fingerprint density at radius 3 is 2.59 bits per heavy atom. The van der Waals surface area contributed by atoms with Gasteiger partial charge in [0.05, 0.1) is 0 Å². The Balaban J connectivity index is 2.26. The third-order valence-electron chi connectivity index (χ3n) is 4.29. The van der Waals surface area contributed by atoms with Crippen LogP contribution in [-0.4, -0.2) is 5.54 Å². The summed E-state index contributed by atoms with van der Waals surface area (Å²) in [5, 5.41) is 0.812. The third kappa shape index (κ3) is 2.54. The molecule has 1 nitrogen and oxygen atoms in total. The maximum absolute atomic E-state index is 6.61. The number of benzene rings is 1. The highest BCUT2D eigenvalue weighted by Crippen LogP contribution is 2.46. The first kappa shape index (κ1) is 13.4. The summed E-state index contributed by atoms with van der Waals surface area (Å²) in [6, 6.07) is 6.06. The average Bonchev–Trinajstić information content (AvgIpc) is 2.46. The second kappa shape index (κ2) is 4.56. The van der Waals surface area contributed by atoms with Gasteiger partial charge >= 0.3 is 0 Å². The van der Waals surface area contributed by atoms with Crippen molar-refractivity contribution < 1.29 is 0 Å². The lowest BCUT2D eigenvalue weighted by Gasteiger charge is -2.38. The van der Waals surface area contributed by atoms with Gasteiger partial charge in [0.1, 0.15) is 0 Å². The molecular formula is C14H19BrClN. The molecule has 1 aliphatic carbocycles. The third-order valence-corrected chi connectivity index (χ3v) is 5.14. The van der Waals surface area contributed by atoms with E-state index >= 15 is 0 Å². The fourth-order valence-electron chi connectivity index (χ4n) is 2.77. The second-order valence-corrected chi connectivity index (χ2v) is 7.13. The summed E-state index contributed by atoms with van der Waals surface area (Å²) in [6.45, 7) is 4.54. The molecule has 0 aromatic heterocycles. The smallest absolute Gasteiger partial charge is 0.0449 e. The van der Waals surface area contributed by atoms with E-state index in [0.29, 0.717) is 0 Å². The summed E-state index contributed by atoms with van der Waals surface area (Å²) in [5.74, 6) is 0. The van der Waals surface area contributed by atoms with Crippen LogP contribution in [0.3, 0.4) is 0 Å². The van der Waals surface area contributed by atoms with Gasteiger partial charge in [0.15, 0.2) is 0 Å². The van der Waals surface area contributed by atoms with Crippen molar-refractivity contribution in [3.63, 3.8) is 0 Å². The van der Waals surface area contributed by atoms with E-state index in [-0.39, 0.29) is 11.0 Å². The van der Waals surface area contributed by atoms with Gasteiger partial charge in [-0.15, -0.1) is 0 Å². The number of hydrogen-bond donors (Lipinski definition) is 1. The molecule has 0 heterocycles. The summed E-state index contributed by atoms with van der Waals surface area (Å²) in [6.07, 6.45) is 4.38. The maximum atomic E-state index is 6.61. The van der Waals surface area contributed by atoms with E-state index in [9.17, 15) is 0 Å². The van der Waals surface area contributed by atoms with Crippen LogP contribution < -0.4 is 5.73 Å². The molecule has 0 saturated heterocycles. The molecule has 2 N–H and O–H groups in total. The van der Waals surface area contributed by atoms with Crippen LogP contribution in [0.15, 0.2) is 22.7 Å². The van der Waals surface area contributed by atoms with Crippen LogP contribution in [0, 0.1) is 5.41 Å². The molecule has 1 aliphatic rings. The fourth-order valence-corrected chi connectivity index (χ4v) is 3.51. The van der Waals surface area contributed by atoms with Crippen LogP contribution >= 0.6 is 27.5 Å². The fraction of sp³-hybridized carbons (Fsp3) is 0.571. The summed E-state index contributed by atoms with van der Waals surface area (Å²) in [5.41, 5.74) is 7.84. The first-order chi connectivity index (χ1) is 7.84. The van der Waals surface area contributed by atoms with E-state index in [2.05, 4.69) is 35.8 Å². The minimum absolute atomic E-state index is 0.121. The zero-order valence-corrected chi connectivity index (χ0v) is 12.7. The minimum Gasteiger partial charge on any atom is -0.324 e. The highest BCUT2D eigenvalue weighted by molar-refractivity contribution is 9.10. The molecule has 0 spiro atoms. The molecule has 3 heteroatoms. The van der Waals surface area contributed by atoms with Crippen molar-refractivity contribution in [1.82, 2.24) is 0 Å². The lowest BCUT2D eigenvalue weighted by molar-refractivity contribution is 0.207. The lowest BCUT2D eigenvalue weighted by atomic mass is 9.72. The molecule has 0 aliphatic heterocycles. The van der Waals surface area contributed by atoms with Crippen LogP contribution in [-0.2, 0) is 6.42 Å². The normalized spacial score (nSPS) is 27.4. The number of hydrogen-bond acceptors (Lipinski definition) is 1. The Labute approximate surface area is 117 Å². The zero-order valence-electron chi connectivity index (χ0n) is 10.4. The maximum Gasteiger partial charge on any atom is 0.0449 e. The second-order valence-electron chi connectivity index (χ2n) is 5.81. The van der Waals surface area contributed by atoms with Gasteiger partial charge < -0.3 is 5.73 Å². The molecule has 1 saturated carbocycles. The lowest BCUT2D eigenvalue weighted by Crippen LogP contribution is -2.50. The van der Waals surface area contributed by atoms with Gasteiger partial charge in [-0.2, -0.15) is 0 Å². The van der Waals surface area contributed by atoms with Crippen LogP contribution in [0.25, 0.3) is 0 Å². The van der Waals surface area contributed by atoms with Crippen molar-refractivity contribution in [3.05, 3.63) is 33.3 Å². The number of rotatable bonds is 2. The van der Waals surface area contributed by atoms with Crippen LogP contribution in [0.1, 0.15) is 38.7 Å². The Morgan fingerprint density at radius 2 is 2.06 bits per heavy atom. The van der Waals surface area contributed by atoms with E-state index in [0.717, 1.165) is 27.9 Å². The zero-order chi connectivity index (χ0) is 12.7. The summed E-state index contributed by atoms with van der Waals surface area (Å²) in [4.78, 5) is 0. The average molecular weight is 317 g/mol. The predicted molar refractivity (Wildman–Crippen MR) is 77.4 cm³/mol. The number of halogens is 2. The van der Waals surface area contributed by atoms with Crippen LogP contribution in [0.2, 0.25) is 5.02 Å². The topological polar surface area (TPSA) is 26.0 Å². The minimum atomic E-state index is -0.121. The van der Waals surface area contributed by atoms with Crippen LogP contribution in [0.4, 0.5) is 0 Å². The quantitative estimate of drug-likeness (QED) is 0.851. The monoisotopic (exact) mass is 315 g/mol. The highest BCUT2D eigenvalue weighted by atomic mass is 79.9. The summed E-state index contributed by atoms with van der Waals surface area (Å²) < 4.78 is 1.02. The largest absolute Gasteiger partial charge is 0.324 e.